The fraction of sp³-hybridized carbons (Fsp3) is 0.435. The number of methoxy groups -OCH3 is 1. The van der Waals surface area contributed by atoms with Gasteiger partial charge in [-0.2, -0.15) is 0 Å². The zero-order valence-electron chi connectivity index (χ0n) is 16.9. The predicted molar refractivity (Wildman–Crippen MR) is 110 cm³/mol. The lowest BCUT2D eigenvalue weighted by Crippen LogP contribution is -2.41. The number of hydrogen-bond acceptors (Lipinski definition) is 4. The fourth-order valence-corrected chi connectivity index (χ4v) is 3.62. The Hall–Kier alpha value is -2.44. The molecule has 1 aliphatic heterocycles. The van der Waals surface area contributed by atoms with Crippen LogP contribution in [0.4, 0.5) is 4.39 Å². The number of nitrogens with zero attached hydrogens (tertiary/aromatic N) is 1. The Labute approximate surface area is 171 Å². The SMILES string of the molecule is CO[C@@]1(COc2ccccc2F)CCCN(CC(=O)NCc2ccccc2)CC1. The van der Waals surface area contributed by atoms with Gasteiger partial charge in [0.05, 0.1) is 6.54 Å². The monoisotopic (exact) mass is 400 g/mol. The molecular formula is C23H29FN2O3. The second-order valence-electron chi connectivity index (χ2n) is 7.50. The van der Waals surface area contributed by atoms with Crippen LogP contribution in [-0.4, -0.2) is 49.8 Å². The van der Waals surface area contributed by atoms with Gasteiger partial charge in [-0.3, -0.25) is 9.69 Å². The molecule has 0 aliphatic carbocycles. The highest BCUT2D eigenvalue weighted by Crippen LogP contribution is 2.28. The molecule has 1 amide bonds. The highest BCUT2D eigenvalue weighted by Gasteiger charge is 2.34. The van der Waals surface area contributed by atoms with Crippen molar-refractivity contribution < 1.29 is 18.7 Å². The van der Waals surface area contributed by atoms with Gasteiger partial charge in [-0.15, -0.1) is 0 Å². The molecule has 1 N–H and O–H groups in total. The van der Waals surface area contributed by atoms with E-state index in [0.29, 0.717) is 19.7 Å². The largest absolute Gasteiger partial charge is 0.488 e. The maximum absolute atomic E-state index is 13.8. The van der Waals surface area contributed by atoms with Crippen LogP contribution < -0.4 is 10.1 Å². The normalized spacial score (nSPS) is 20.1. The van der Waals surface area contributed by atoms with Gasteiger partial charge in [0.15, 0.2) is 11.6 Å². The summed E-state index contributed by atoms with van der Waals surface area (Å²) in [6, 6.07) is 16.3. The second-order valence-corrected chi connectivity index (χ2v) is 7.50. The van der Waals surface area contributed by atoms with E-state index in [4.69, 9.17) is 9.47 Å². The summed E-state index contributed by atoms with van der Waals surface area (Å²) in [6.45, 7) is 2.74. The van der Waals surface area contributed by atoms with Gasteiger partial charge >= 0.3 is 0 Å². The number of ether oxygens (including phenoxy) is 2. The van der Waals surface area contributed by atoms with E-state index >= 15 is 0 Å². The Bertz CT molecular complexity index is 787. The minimum Gasteiger partial charge on any atom is -0.488 e. The molecule has 2 aromatic rings. The number of amides is 1. The molecule has 1 atom stereocenters. The Kier molecular flexibility index (Phi) is 7.61. The molecule has 1 aliphatic rings. The predicted octanol–water partition coefficient (Wildman–Crippen LogP) is 3.39. The molecule has 1 saturated heterocycles. The first-order valence-corrected chi connectivity index (χ1v) is 10.1. The highest BCUT2D eigenvalue weighted by molar-refractivity contribution is 5.78. The van der Waals surface area contributed by atoms with E-state index in [2.05, 4.69) is 10.2 Å². The molecule has 29 heavy (non-hydrogen) atoms. The number of para-hydroxylation sites is 1. The lowest BCUT2D eigenvalue weighted by molar-refractivity contribution is -0.122. The van der Waals surface area contributed by atoms with Crippen molar-refractivity contribution in [3.63, 3.8) is 0 Å². The van der Waals surface area contributed by atoms with E-state index in [-0.39, 0.29) is 17.5 Å². The van der Waals surface area contributed by atoms with Crippen LogP contribution in [0.25, 0.3) is 0 Å². The number of hydrogen-bond donors (Lipinski definition) is 1. The van der Waals surface area contributed by atoms with E-state index in [1.165, 1.54) is 6.07 Å². The molecule has 5 nitrogen and oxygen atoms in total. The minimum absolute atomic E-state index is 0.0152. The molecule has 1 heterocycles. The topological polar surface area (TPSA) is 50.8 Å². The van der Waals surface area contributed by atoms with Crippen molar-refractivity contribution in [2.45, 2.75) is 31.4 Å². The highest BCUT2D eigenvalue weighted by atomic mass is 19.1. The molecule has 0 unspecified atom stereocenters. The summed E-state index contributed by atoms with van der Waals surface area (Å²) < 4.78 is 25.4. The summed E-state index contributed by atoms with van der Waals surface area (Å²) in [7, 11) is 1.67. The van der Waals surface area contributed by atoms with E-state index in [1.54, 1.807) is 25.3 Å². The van der Waals surface area contributed by atoms with Crippen molar-refractivity contribution in [3.8, 4) is 5.75 Å². The molecule has 1 fully saturated rings. The van der Waals surface area contributed by atoms with Gasteiger partial charge in [-0.05, 0) is 43.5 Å². The number of benzene rings is 2. The van der Waals surface area contributed by atoms with Crippen LogP contribution >= 0.6 is 0 Å². The van der Waals surface area contributed by atoms with Crippen molar-refractivity contribution in [1.29, 1.82) is 0 Å². The maximum atomic E-state index is 13.8. The van der Waals surface area contributed by atoms with Crippen LogP contribution in [0.1, 0.15) is 24.8 Å². The van der Waals surface area contributed by atoms with Crippen LogP contribution in [0, 0.1) is 5.82 Å². The summed E-state index contributed by atoms with van der Waals surface area (Å²) >= 11 is 0. The van der Waals surface area contributed by atoms with Crippen LogP contribution in [0.3, 0.4) is 0 Å². The standard InChI is InChI=1S/C23H29FN2O3/c1-28-23(18-29-21-11-6-5-10-20(21)24)12-7-14-26(15-13-23)17-22(27)25-16-19-8-3-2-4-9-19/h2-6,8-11H,7,12-18H2,1H3,(H,25,27)/t23-/m0/s1. The quantitative estimate of drug-likeness (QED) is 0.738. The zero-order valence-corrected chi connectivity index (χ0v) is 16.9. The van der Waals surface area contributed by atoms with E-state index in [9.17, 15) is 9.18 Å². The van der Waals surface area contributed by atoms with E-state index in [1.807, 2.05) is 30.3 Å². The first-order chi connectivity index (χ1) is 14.1. The minimum atomic E-state index is -0.475. The zero-order chi connectivity index (χ0) is 20.5. The second kappa shape index (κ2) is 10.4. The molecule has 2 aromatic carbocycles. The van der Waals surface area contributed by atoms with Gasteiger partial charge in [0.1, 0.15) is 12.2 Å². The van der Waals surface area contributed by atoms with Crippen molar-refractivity contribution in [2.75, 3.05) is 33.4 Å². The first-order valence-electron chi connectivity index (χ1n) is 10.1. The number of rotatable bonds is 8. The molecule has 0 saturated carbocycles. The summed E-state index contributed by atoms with van der Waals surface area (Å²) in [5.74, 6) is -0.115. The fourth-order valence-electron chi connectivity index (χ4n) is 3.62. The molecule has 0 bridgehead atoms. The average molecular weight is 400 g/mol. The summed E-state index contributed by atoms with van der Waals surface area (Å²) in [5, 5.41) is 2.98. The van der Waals surface area contributed by atoms with Crippen molar-refractivity contribution >= 4 is 5.91 Å². The Morgan fingerprint density at radius 2 is 1.86 bits per heavy atom. The average Bonchev–Trinajstić information content (AvgIpc) is 2.95. The van der Waals surface area contributed by atoms with Crippen molar-refractivity contribution in [3.05, 3.63) is 66.0 Å². The molecule has 0 radical (unpaired) electrons. The molecule has 0 spiro atoms. The number of carbonyl (C=O) groups is 1. The number of halogens is 1. The number of carbonyl (C=O) groups excluding carboxylic acids is 1. The van der Waals surface area contributed by atoms with Gasteiger partial charge in [0.2, 0.25) is 5.91 Å². The van der Waals surface area contributed by atoms with Crippen LogP contribution in [0.15, 0.2) is 54.6 Å². The third-order valence-corrected chi connectivity index (χ3v) is 5.45. The lowest BCUT2D eigenvalue weighted by Gasteiger charge is -2.31. The Morgan fingerprint density at radius 1 is 1.10 bits per heavy atom. The summed E-state index contributed by atoms with van der Waals surface area (Å²) in [6.07, 6.45) is 2.42. The van der Waals surface area contributed by atoms with E-state index < -0.39 is 5.60 Å². The van der Waals surface area contributed by atoms with Crippen LogP contribution in [0.2, 0.25) is 0 Å². The number of likely N-dealkylation sites (tertiary alicyclic amines) is 1. The Balaban J connectivity index is 1.48. The lowest BCUT2D eigenvalue weighted by atomic mass is 9.95. The molecule has 6 heteroatoms. The number of nitrogens with one attached hydrogen (secondary N) is 1. The molecule has 156 valence electrons. The van der Waals surface area contributed by atoms with Crippen LogP contribution in [-0.2, 0) is 16.1 Å². The van der Waals surface area contributed by atoms with Crippen molar-refractivity contribution in [2.24, 2.45) is 0 Å². The van der Waals surface area contributed by atoms with Gasteiger partial charge in [0, 0.05) is 20.2 Å². The molecule has 0 aromatic heterocycles. The molecular weight excluding hydrogens is 371 g/mol. The van der Waals surface area contributed by atoms with Gasteiger partial charge in [-0.1, -0.05) is 42.5 Å². The first kappa shape index (κ1) is 21.3. The van der Waals surface area contributed by atoms with Gasteiger partial charge in [0.25, 0.3) is 0 Å². The third-order valence-electron chi connectivity index (χ3n) is 5.45. The van der Waals surface area contributed by atoms with Gasteiger partial charge in [-0.25, -0.2) is 4.39 Å². The summed E-state index contributed by atoms with van der Waals surface area (Å²) in [4.78, 5) is 14.5. The molecule has 3 rings (SSSR count). The Morgan fingerprint density at radius 3 is 2.62 bits per heavy atom. The smallest absolute Gasteiger partial charge is 0.234 e. The van der Waals surface area contributed by atoms with Gasteiger partial charge < -0.3 is 14.8 Å². The van der Waals surface area contributed by atoms with E-state index in [0.717, 1.165) is 37.9 Å². The van der Waals surface area contributed by atoms with Crippen molar-refractivity contribution in [1.82, 2.24) is 10.2 Å². The maximum Gasteiger partial charge on any atom is 0.234 e. The third kappa shape index (κ3) is 6.27. The summed E-state index contributed by atoms with van der Waals surface area (Å²) in [5.41, 5.74) is 0.609. The van der Waals surface area contributed by atoms with Crippen LogP contribution in [0.5, 0.6) is 5.75 Å².